The topological polar surface area (TPSA) is 26.3 Å². The van der Waals surface area contributed by atoms with E-state index in [-0.39, 0.29) is 5.56 Å². The van der Waals surface area contributed by atoms with Gasteiger partial charge in [-0.1, -0.05) is 0 Å². The third-order valence-corrected chi connectivity index (χ3v) is 1.63. The Labute approximate surface area is 86.2 Å². The van der Waals surface area contributed by atoms with Crippen LogP contribution in [0, 0.1) is 11.6 Å². The molecule has 1 aromatic carbocycles. The monoisotopic (exact) mass is 212 g/mol. The Morgan fingerprint density at radius 3 is 2.47 bits per heavy atom. The van der Waals surface area contributed by atoms with Crippen molar-refractivity contribution in [2.24, 2.45) is 0 Å². The van der Waals surface area contributed by atoms with Gasteiger partial charge in [0.2, 0.25) is 0 Å². The summed E-state index contributed by atoms with van der Waals surface area (Å²) in [6, 6.07) is 2.66. The fraction of sp³-hybridized carbons (Fsp3) is 0.182. The quantitative estimate of drug-likeness (QED) is 0.435. The van der Waals surface area contributed by atoms with Gasteiger partial charge in [0, 0.05) is 17.7 Å². The minimum absolute atomic E-state index is 0.0385. The third-order valence-electron chi connectivity index (χ3n) is 1.63. The van der Waals surface area contributed by atoms with E-state index >= 15 is 0 Å². The molecule has 80 valence electrons. The normalized spacial score (nSPS) is 10.6. The molecule has 0 aliphatic heterocycles. The predicted octanol–water partition coefficient (Wildman–Crippen LogP) is 2.70. The molecule has 4 heteroatoms. The van der Waals surface area contributed by atoms with E-state index in [1.54, 1.807) is 6.92 Å². The van der Waals surface area contributed by atoms with Crippen molar-refractivity contribution in [2.75, 3.05) is 6.61 Å². The molecule has 0 aliphatic carbocycles. The van der Waals surface area contributed by atoms with E-state index in [0.717, 1.165) is 18.2 Å². The van der Waals surface area contributed by atoms with Crippen LogP contribution < -0.4 is 0 Å². The zero-order chi connectivity index (χ0) is 11.3. The smallest absolute Gasteiger partial charge is 0.189 e. The van der Waals surface area contributed by atoms with Crippen molar-refractivity contribution in [3.8, 4) is 0 Å². The van der Waals surface area contributed by atoms with E-state index < -0.39 is 17.4 Å². The van der Waals surface area contributed by atoms with Crippen LogP contribution in [-0.4, -0.2) is 12.4 Å². The fourth-order valence-electron chi connectivity index (χ4n) is 0.998. The molecular weight excluding hydrogens is 202 g/mol. The number of allylic oxidation sites excluding steroid dienone is 1. The average Bonchev–Trinajstić information content (AvgIpc) is 2.16. The second-order valence-electron chi connectivity index (χ2n) is 2.78. The van der Waals surface area contributed by atoms with Gasteiger partial charge in [-0.25, -0.2) is 8.78 Å². The Morgan fingerprint density at radius 2 is 1.93 bits per heavy atom. The number of rotatable bonds is 4. The van der Waals surface area contributed by atoms with Gasteiger partial charge in [0.1, 0.15) is 11.6 Å². The first-order chi connectivity index (χ1) is 7.13. The third kappa shape index (κ3) is 3.50. The van der Waals surface area contributed by atoms with Gasteiger partial charge in [0.25, 0.3) is 0 Å². The highest BCUT2D eigenvalue weighted by Gasteiger charge is 2.05. The molecule has 0 saturated carbocycles. The van der Waals surface area contributed by atoms with Crippen molar-refractivity contribution in [3.63, 3.8) is 0 Å². The molecule has 1 aromatic rings. The van der Waals surface area contributed by atoms with Gasteiger partial charge < -0.3 is 4.74 Å². The molecule has 0 fully saturated rings. The number of hydrogen-bond donors (Lipinski definition) is 0. The number of benzene rings is 1. The maximum Gasteiger partial charge on any atom is 0.189 e. The van der Waals surface area contributed by atoms with Crippen LogP contribution >= 0.6 is 0 Å². The van der Waals surface area contributed by atoms with Crippen molar-refractivity contribution in [2.45, 2.75) is 6.92 Å². The van der Waals surface area contributed by atoms with E-state index in [4.69, 9.17) is 4.74 Å². The van der Waals surface area contributed by atoms with Crippen LogP contribution in [0.1, 0.15) is 17.3 Å². The molecule has 0 N–H and O–H groups in total. The molecule has 2 nitrogen and oxygen atoms in total. The fourth-order valence-corrected chi connectivity index (χ4v) is 0.998. The zero-order valence-corrected chi connectivity index (χ0v) is 8.17. The number of ether oxygens (including phenoxy) is 1. The van der Waals surface area contributed by atoms with Crippen LogP contribution in [0.2, 0.25) is 0 Å². The lowest BCUT2D eigenvalue weighted by Gasteiger charge is -1.97. The molecule has 0 radical (unpaired) electrons. The summed E-state index contributed by atoms with van der Waals surface area (Å²) in [6.07, 6.45) is 2.32. The lowest BCUT2D eigenvalue weighted by Crippen LogP contribution is -1.97. The van der Waals surface area contributed by atoms with Gasteiger partial charge in [-0.2, -0.15) is 0 Å². The summed E-state index contributed by atoms with van der Waals surface area (Å²) >= 11 is 0. The summed E-state index contributed by atoms with van der Waals surface area (Å²) < 4.78 is 30.3. The highest BCUT2D eigenvalue weighted by Crippen LogP contribution is 2.09. The van der Waals surface area contributed by atoms with Crippen molar-refractivity contribution in [1.82, 2.24) is 0 Å². The second-order valence-corrected chi connectivity index (χ2v) is 2.78. The molecule has 15 heavy (non-hydrogen) atoms. The highest BCUT2D eigenvalue weighted by atomic mass is 19.1. The standard InChI is InChI=1S/C11H10F2O2/c1-2-15-4-3-11(14)8-5-9(12)7-10(13)6-8/h3-7H,2H2,1H3/b4-3+. The summed E-state index contributed by atoms with van der Waals surface area (Å²) in [6.45, 7) is 2.19. The summed E-state index contributed by atoms with van der Waals surface area (Å²) in [5.74, 6) is -2.05. The summed E-state index contributed by atoms with van der Waals surface area (Å²) in [4.78, 5) is 11.3. The van der Waals surface area contributed by atoms with E-state index in [0.29, 0.717) is 12.7 Å². The molecule has 1 rings (SSSR count). The largest absolute Gasteiger partial charge is 0.501 e. The molecule has 0 amide bonds. The van der Waals surface area contributed by atoms with Crippen molar-refractivity contribution in [3.05, 3.63) is 47.7 Å². The molecule has 0 aromatic heterocycles. The van der Waals surface area contributed by atoms with Gasteiger partial charge in [0.05, 0.1) is 12.9 Å². The molecule has 0 aliphatic rings. The van der Waals surface area contributed by atoms with Crippen molar-refractivity contribution >= 4 is 5.78 Å². The lowest BCUT2D eigenvalue weighted by atomic mass is 10.1. The molecular formula is C11H10F2O2. The van der Waals surface area contributed by atoms with Crippen LogP contribution in [0.5, 0.6) is 0 Å². The van der Waals surface area contributed by atoms with Gasteiger partial charge >= 0.3 is 0 Å². The maximum absolute atomic E-state index is 12.7. The molecule has 0 bridgehead atoms. The SMILES string of the molecule is CCO/C=C/C(=O)c1cc(F)cc(F)c1. The number of halogens is 2. The maximum atomic E-state index is 12.7. The van der Waals surface area contributed by atoms with E-state index in [1.807, 2.05) is 0 Å². The lowest BCUT2D eigenvalue weighted by molar-refractivity contribution is 0.104. The van der Waals surface area contributed by atoms with Crippen LogP contribution in [-0.2, 0) is 4.74 Å². The Balaban J connectivity index is 2.82. The van der Waals surface area contributed by atoms with Gasteiger partial charge in [-0.3, -0.25) is 4.79 Å². The number of hydrogen-bond acceptors (Lipinski definition) is 2. The molecule has 0 saturated heterocycles. The van der Waals surface area contributed by atoms with Crippen molar-refractivity contribution < 1.29 is 18.3 Å². The molecule has 0 spiro atoms. The number of carbonyl (C=O) groups excluding carboxylic acids is 1. The van der Waals surface area contributed by atoms with Crippen molar-refractivity contribution in [1.29, 1.82) is 0 Å². The first kappa shape index (κ1) is 11.4. The van der Waals surface area contributed by atoms with Gasteiger partial charge in [-0.05, 0) is 19.1 Å². The molecule has 0 atom stereocenters. The first-order valence-electron chi connectivity index (χ1n) is 4.42. The number of ketones is 1. The Morgan fingerprint density at radius 1 is 1.33 bits per heavy atom. The van der Waals surface area contributed by atoms with Crippen LogP contribution in [0.3, 0.4) is 0 Å². The van der Waals surface area contributed by atoms with E-state index in [2.05, 4.69) is 0 Å². The van der Waals surface area contributed by atoms with Gasteiger partial charge in [0.15, 0.2) is 5.78 Å². The Hall–Kier alpha value is -1.71. The predicted molar refractivity (Wildman–Crippen MR) is 51.5 cm³/mol. The molecule has 0 unspecified atom stereocenters. The first-order valence-corrected chi connectivity index (χ1v) is 4.42. The van der Waals surface area contributed by atoms with Crippen LogP contribution in [0.4, 0.5) is 8.78 Å². The summed E-state index contributed by atoms with van der Waals surface area (Å²) in [5.41, 5.74) is -0.0385. The second kappa shape index (κ2) is 5.24. The summed E-state index contributed by atoms with van der Waals surface area (Å²) in [5, 5.41) is 0. The minimum atomic E-state index is -0.775. The summed E-state index contributed by atoms with van der Waals surface area (Å²) in [7, 11) is 0. The minimum Gasteiger partial charge on any atom is -0.501 e. The van der Waals surface area contributed by atoms with Gasteiger partial charge in [-0.15, -0.1) is 0 Å². The Bertz CT molecular complexity index is 366. The highest BCUT2D eigenvalue weighted by molar-refractivity contribution is 6.04. The Kier molecular flexibility index (Phi) is 3.97. The number of carbonyl (C=O) groups is 1. The molecule has 0 heterocycles. The van der Waals surface area contributed by atoms with E-state index in [1.165, 1.54) is 6.26 Å². The van der Waals surface area contributed by atoms with Crippen LogP contribution in [0.15, 0.2) is 30.5 Å². The van der Waals surface area contributed by atoms with E-state index in [9.17, 15) is 13.6 Å². The zero-order valence-electron chi connectivity index (χ0n) is 8.17. The van der Waals surface area contributed by atoms with Crippen LogP contribution in [0.25, 0.3) is 0 Å². The average molecular weight is 212 g/mol.